The number of aromatic nitrogens is 1. The number of rotatable bonds is 10. The van der Waals surface area contributed by atoms with Crippen molar-refractivity contribution in [3.8, 4) is 17.2 Å². The Morgan fingerprint density at radius 1 is 1.11 bits per heavy atom. The van der Waals surface area contributed by atoms with Crippen LogP contribution in [-0.4, -0.2) is 30.4 Å². The van der Waals surface area contributed by atoms with Gasteiger partial charge in [0.2, 0.25) is 0 Å². The Balaban J connectivity index is 1.66. The van der Waals surface area contributed by atoms with E-state index in [2.05, 4.69) is 61.1 Å². The zero-order chi connectivity index (χ0) is 33.1. The molecule has 240 valence electrons. The zero-order valence-corrected chi connectivity index (χ0v) is 32.4. The zero-order valence-electron chi connectivity index (χ0n) is 25.7. The molecule has 12 heteroatoms. The van der Waals surface area contributed by atoms with Gasteiger partial charge in [-0.15, -0.1) is 0 Å². The summed E-state index contributed by atoms with van der Waals surface area (Å²) in [6, 6.07) is 16.6. The quantitative estimate of drug-likeness (QED) is 0.124. The van der Waals surface area contributed by atoms with Gasteiger partial charge in [-0.25, -0.2) is 9.79 Å². The molecule has 1 atom stereocenters. The summed E-state index contributed by atoms with van der Waals surface area (Å²) >= 11 is 9.26. The first kappa shape index (κ1) is 34.6. The van der Waals surface area contributed by atoms with Crippen molar-refractivity contribution in [1.82, 2.24) is 4.57 Å². The predicted octanol–water partition coefficient (Wildman–Crippen LogP) is 7.14. The van der Waals surface area contributed by atoms with Crippen LogP contribution in [0.5, 0.6) is 17.2 Å². The maximum atomic E-state index is 14.3. The number of carbonyl (C=O) groups excluding carboxylic acids is 1. The fraction of sp³-hybridized carbons (Fsp3) is 0.265. The van der Waals surface area contributed by atoms with Crippen molar-refractivity contribution in [3.05, 3.63) is 114 Å². The van der Waals surface area contributed by atoms with Gasteiger partial charge in [-0.05, 0) is 126 Å². The number of carbonyl (C=O) groups is 1. The van der Waals surface area contributed by atoms with Crippen LogP contribution in [0.1, 0.15) is 50.4 Å². The average Bonchev–Trinajstić information content (AvgIpc) is 3.30. The van der Waals surface area contributed by atoms with E-state index in [9.17, 15) is 9.59 Å². The van der Waals surface area contributed by atoms with Gasteiger partial charge in [0, 0.05) is 13.6 Å². The van der Waals surface area contributed by atoms with E-state index >= 15 is 0 Å². The number of esters is 1. The summed E-state index contributed by atoms with van der Waals surface area (Å²) in [7, 11) is 1.56. The van der Waals surface area contributed by atoms with Crippen molar-refractivity contribution in [2.75, 3.05) is 13.7 Å². The van der Waals surface area contributed by atoms with Crippen molar-refractivity contribution >= 4 is 84.5 Å². The van der Waals surface area contributed by atoms with E-state index in [-0.39, 0.29) is 18.3 Å². The molecule has 3 aromatic carbocycles. The van der Waals surface area contributed by atoms with Crippen LogP contribution in [0.2, 0.25) is 0 Å². The molecule has 0 unspecified atom stereocenters. The summed E-state index contributed by atoms with van der Waals surface area (Å²) in [6.07, 6.45) is 1.77. The maximum absolute atomic E-state index is 14.3. The van der Waals surface area contributed by atoms with Crippen molar-refractivity contribution in [2.45, 2.75) is 46.4 Å². The highest BCUT2D eigenvalue weighted by Crippen LogP contribution is 2.37. The maximum Gasteiger partial charge on any atom is 0.338 e. The minimum Gasteiger partial charge on any atom is -0.493 e. The molecule has 0 saturated carbocycles. The molecule has 1 aliphatic heterocycles. The largest absolute Gasteiger partial charge is 0.493 e. The number of methoxy groups -OCH3 is 1. The highest BCUT2D eigenvalue weighted by molar-refractivity contribution is 14.1. The van der Waals surface area contributed by atoms with Crippen LogP contribution >= 0.6 is 72.4 Å². The summed E-state index contributed by atoms with van der Waals surface area (Å²) in [4.78, 5) is 32.9. The number of allylic oxidation sites excluding steroid dienone is 1. The van der Waals surface area contributed by atoms with Crippen molar-refractivity contribution in [3.63, 3.8) is 0 Å². The van der Waals surface area contributed by atoms with Crippen LogP contribution in [0, 0.1) is 7.14 Å². The smallest absolute Gasteiger partial charge is 0.338 e. The number of halogens is 3. The van der Waals surface area contributed by atoms with Gasteiger partial charge in [0.25, 0.3) is 5.56 Å². The van der Waals surface area contributed by atoms with Gasteiger partial charge < -0.3 is 18.9 Å². The summed E-state index contributed by atoms with van der Waals surface area (Å²) in [5.74, 6) is 1.21. The van der Waals surface area contributed by atoms with E-state index in [0.717, 1.165) is 22.7 Å². The normalized spacial score (nSPS) is 14.6. The molecule has 1 aliphatic rings. The Kier molecular flexibility index (Phi) is 11.3. The second-order valence-corrected chi connectivity index (χ2v) is 14.9. The molecule has 0 N–H and O–H groups in total. The molecule has 0 radical (unpaired) electrons. The number of nitrogens with zero attached hydrogens (tertiary/aromatic N) is 2. The molecule has 1 aromatic heterocycles. The number of ether oxygens (including phenoxy) is 4. The van der Waals surface area contributed by atoms with Crippen LogP contribution in [0.15, 0.2) is 80.1 Å². The lowest BCUT2D eigenvalue weighted by atomic mass is 9.95. The average molecular weight is 929 g/mol. The fourth-order valence-electron chi connectivity index (χ4n) is 5.03. The molecule has 0 bridgehead atoms. The number of benzene rings is 3. The molecule has 46 heavy (non-hydrogen) atoms. The van der Waals surface area contributed by atoms with Crippen LogP contribution in [0.25, 0.3) is 6.08 Å². The first-order chi connectivity index (χ1) is 22.0. The molecule has 5 rings (SSSR count). The second-order valence-electron chi connectivity index (χ2n) is 10.6. The van der Waals surface area contributed by atoms with E-state index in [1.165, 1.54) is 11.3 Å². The van der Waals surface area contributed by atoms with Gasteiger partial charge in [0.1, 0.15) is 12.4 Å². The highest BCUT2D eigenvalue weighted by atomic mass is 127. The highest BCUT2D eigenvalue weighted by Gasteiger charge is 2.34. The van der Waals surface area contributed by atoms with E-state index in [1.807, 2.05) is 62.4 Å². The Hall–Kier alpha value is -2.69. The van der Waals surface area contributed by atoms with Gasteiger partial charge in [0.15, 0.2) is 16.3 Å². The van der Waals surface area contributed by atoms with E-state index in [0.29, 0.717) is 50.0 Å². The third kappa shape index (κ3) is 7.55. The van der Waals surface area contributed by atoms with Gasteiger partial charge in [0.05, 0.1) is 45.2 Å². The Morgan fingerprint density at radius 3 is 2.52 bits per heavy atom. The minimum atomic E-state index is -0.788. The van der Waals surface area contributed by atoms with E-state index < -0.39 is 12.0 Å². The lowest BCUT2D eigenvalue weighted by Gasteiger charge is -2.25. The Morgan fingerprint density at radius 2 is 1.85 bits per heavy atom. The standard InChI is InChI=1S/C34H31BrI2N2O6S/c1-6-43-33(41)29-19(4)38-34-39(30(29)21-9-12-26(45-18(2)3)27(14-21)42-5)32(40)28(46-34)15-22-13-24(36)16-25(37)31(22)44-17-20-7-10-23(35)11-8-20/h7-16,18,30H,6,17H2,1-5H3/b28-15+/t30-/m1/s1. The topological polar surface area (TPSA) is 88.4 Å². The third-order valence-corrected chi connectivity index (χ3v) is 9.94. The number of hydrogen-bond acceptors (Lipinski definition) is 8. The Bertz CT molecular complexity index is 2000. The van der Waals surface area contributed by atoms with Crippen molar-refractivity contribution in [2.24, 2.45) is 4.99 Å². The number of thiazole rings is 1. The van der Waals surface area contributed by atoms with Crippen LogP contribution in [-0.2, 0) is 16.1 Å². The first-order valence-electron chi connectivity index (χ1n) is 14.4. The molecule has 8 nitrogen and oxygen atoms in total. The fourth-order valence-corrected chi connectivity index (χ4v) is 8.38. The monoisotopic (exact) mass is 928 g/mol. The van der Waals surface area contributed by atoms with Crippen LogP contribution in [0.3, 0.4) is 0 Å². The first-order valence-corrected chi connectivity index (χ1v) is 18.2. The Labute approximate surface area is 306 Å². The molecule has 4 aromatic rings. The molecular formula is C34H31BrI2N2O6S. The summed E-state index contributed by atoms with van der Waals surface area (Å²) < 4.78 is 28.3. The predicted molar refractivity (Wildman–Crippen MR) is 200 cm³/mol. The molecule has 2 heterocycles. The minimum absolute atomic E-state index is 0.0671. The van der Waals surface area contributed by atoms with Gasteiger partial charge in [-0.2, -0.15) is 0 Å². The van der Waals surface area contributed by atoms with Crippen LogP contribution in [0.4, 0.5) is 0 Å². The van der Waals surface area contributed by atoms with Crippen molar-refractivity contribution < 1.29 is 23.7 Å². The summed E-state index contributed by atoms with van der Waals surface area (Å²) in [5, 5.41) is 0. The van der Waals surface area contributed by atoms with Gasteiger partial charge >= 0.3 is 5.97 Å². The number of hydrogen-bond donors (Lipinski definition) is 0. The van der Waals surface area contributed by atoms with Gasteiger partial charge in [-0.3, -0.25) is 9.36 Å². The van der Waals surface area contributed by atoms with Gasteiger partial charge in [-0.1, -0.05) is 45.5 Å². The lowest BCUT2D eigenvalue weighted by Crippen LogP contribution is -2.40. The SMILES string of the molecule is CCOC(=O)C1=C(C)N=c2s/c(=C/c3cc(I)cc(I)c3OCc3ccc(Br)cc3)c(=O)n2[C@@H]1c1ccc(OC(C)C)c(OC)c1. The van der Waals surface area contributed by atoms with Crippen LogP contribution < -0.4 is 29.1 Å². The molecule has 0 fully saturated rings. The van der Waals surface area contributed by atoms with Crippen molar-refractivity contribution in [1.29, 1.82) is 0 Å². The molecule has 0 saturated heterocycles. The third-order valence-electron chi connectivity index (χ3n) is 7.00. The molecular weight excluding hydrogens is 898 g/mol. The molecule has 0 aliphatic carbocycles. The summed E-state index contributed by atoms with van der Waals surface area (Å²) in [5.41, 5.74) is 2.96. The van der Waals surface area contributed by atoms with E-state index in [4.69, 9.17) is 23.9 Å². The second kappa shape index (κ2) is 15.0. The summed E-state index contributed by atoms with van der Waals surface area (Å²) in [6.45, 7) is 7.93. The number of fused-ring (bicyclic) bond motifs is 1. The molecule has 0 spiro atoms. The molecule has 0 amide bonds. The van der Waals surface area contributed by atoms with E-state index in [1.54, 1.807) is 37.7 Å². The lowest BCUT2D eigenvalue weighted by molar-refractivity contribution is -0.139.